The van der Waals surface area contributed by atoms with Gasteiger partial charge in [0.15, 0.2) is 0 Å². The number of hydrogen-bond acceptors (Lipinski definition) is 3. The van der Waals surface area contributed by atoms with Gasteiger partial charge in [-0.2, -0.15) is 5.10 Å². The van der Waals surface area contributed by atoms with Gasteiger partial charge in [0.1, 0.15) is 0 Å². The SMILES string of the molecule is CCC(=O)Nc1ccc(Cl)c(NC(=O)c2cn[nH]c2)c1. The van der Waals surface area contributed by atoms with E-state index < -0.39 is 0 Å². The predicted octanol–water partition coefficient (Wildman–Crippen LogP) is 2.66. The number of carbonyl (C=O) groups excluding carboxylic acids is 2. The van der Waals surface area contributed by atoms with Gasteiger partial charge in [-0.05, 0) is 18.2 Å². The fourth-order valence-electron chi connectivity index (χ4n) is 1.52. The van der Waals surface area contributed by atoms with Crippen LogP contribution < -0.4 is 10.6 Å². The molecule has 20 heavy (non-hydrogen) atoms. The van der Waals surface area contributed by atoms with E-state index in [2.05, 4.69) is 20.8 Å². The fourth-order valence-corrected chi connectivity index (χ4v) is 1.68. The van der Waals surface area contributed by atoms with Crippen molar-refractivity contribution < 1.29 is 9.59 Å². The van der Waals surface area contributed by atoms with Crippen LogP contribution in [0.25, 0.3) is 0 Å². The van der Waals surface area contributed by atoms with Crippen LogP contribution in [0.15, 0.2) is 30.6 Å². The van der Waals surface area contributed by atoms with Crippen molar-refractivity contribution in [2.75, 3.05) is 10.6 Å². The molecule has 0 atom stereocenters. The van der Waals surface area contributed by atoms with Crippen LogP contribution in [0.1, 0.15) is 23.7 Å². The number of benzene rings is 1. The monoisotopic (exact) mass is 292 g/mol. The van der Waals surface area contributed by atoms with Crippen LogP contribution >= 0.6 is 11.6 Å². The first kappa shape index (κ1) is 14.1. The number of nitrogens with one attached hydrogen (secondary N) is 3. The van der Waals surface area contributed by atoms with E-state index in [1.807, 2.05) is 0 Å². The van der Waals surface area contributed by atoms with E-state index in [-0.39, 0.29) is 11.8 Å². The Bertz CT molecular complexity index is 625. The lowest BCUT2D eigenvalue weighted by Crippen LogP contribution is -2.13. The Hall–Kier alpha value is -2.34. The van der Waals surface area contributed by atoms with E-state index in [9.17, 15) is 9.59 Å². The van der Waals surface area contributed by atoms with Crippen molar-refractivity contribution in [3.63, 3.8) is 0 Å². The second kappa shape index (κ2) is 6.21. The Balaban J connectivity index is 2.16. The Labute approximate surface area is 120 Å². The molecule has 0 unspecified atom stereocenters. The molecule has 0 saturated heterocycles. The van der Waals surface area contributed by atoms with Crippen molar-refractivity contribution in [2.24, 2.45) is 0 Å². The molecule has 2 aromatic rings. The molecule has 3 N–H and O–H groups in total. The summed E-state index contributed by atoms with van der Waals surface area (Å²) in [5.74, 6) is -0.445. The van der Waals surface area contributed by atoms with Crippen LogP contribution in [0.4, 0.5) is 11.4 Å². The van der Waals surface area contributed by atoms with Gasteiger partial charge in [0, 0.05) is 18.3 Å². The van der Waals surface area contributed by atoms with Gasteiger partial charge in [-0.25, -0.2) is 0 Å². The smallest absolute Gasteiger partial charge is 0.258 e. The molecule has 104 valence electrons. The molecule has 1 aromatic heterocycles. The molecule has 2 rings (SSSR count). The number of anilines is 2. The van der Waals surface area contributed by atoms with Crippen molar-refractivity contribution >= 4 is 34.8 Å². The van der Waals surface area contributed by atoms with Gasteiger partial charge in [-0.3, -0.25) is 14.7 Å². The van der Waals surface area contributed by atoms with Gasteiger partial charge >= 0.3 is 0 Å². The largest absolute Gasteiger partial charge is 0.326 e. The fraction of sp³-hybridized carbons (Fsp3) is 0.154. The third-order valence-corrected chi connectivity index (χ3v) is 2.91. The molecule has 0 aliphatic heterocycles. The molecule has 2 amide bonds. The first-order valence-electron chi connectivity index (χ1n) is 5.99. The van der Waals surface area contributed by atoms with E-state index in [0.717, 1.165) is 0 Å². The molecule has 0 aliphatic carbocycles. The highest BCUT2D eigenvalue weighted by Gasteiger charge is 2.10. The lowest BCUT2D eigenvalue weighted by atomic mass is 10.2. The minimum absolute atomic E-state index is 0.112. The van der Waals surface area contributed by atoms with Gasteiger partial charge < -0.3 is 10.6 Å². The number of H-pyrrole nitrogens is 1. The van der Waals surface area contributed by atoms with Crippen LogP contribution in [0.3, 0.4) is 0 Å². The molecule has 0 radical (unpaired) electrons. The summed E-state index contributed by atoms with van der Waals surface area (Å²) in [5.41, 5.74) is 1.39. The molecule has 0 fully saturated rings. The number of aromatic amines is 1. The van der Waals surface area contributed by atoms with Crippen LogP contribution in [-0.4, -0.2) is 22.0 Å². The zero-order valence-corrected chi connectivity index (χ0v) is 11.5. The normalized spacial score (nSPS) is 10.1. The average molecular weight is 293 g/mol. The Morgan fingerprint density at radius 3 is 2.80 bits per heavy atom. The number of hydrogen-bond donors (Lipinski definition) is 3. The molecule has 7 heteroatoms. The van der Waals surface area contributed by atoms with Crippen molar-refractivity contribution in [2.45, 2.75) is 13.3 Å². The quantitative estimate of drug-likeness (QED) is 0.809. The summed E-state index contributed by atoms with van der Waals surface area (Å²) < 4.78 is 0. The molecule has 0 spiro atoms. The van der Waals surface area contributed by atoms with E-state index >= 15 is 0 Å². The highest BCUT2D eigenvalue weighted by atomic mass is 35.5. The summed E-state index contributed by atoms with van der Waals surface area (Å²) in [7, 11) is 0. The van der Waals surface area contributed by atoms with E-state index in [0.29, 0.717) is 28.4 Å². The van der Waals surface area contributed by atoms with Gasteiger partial charge in [-0.1, -0.05) is 18.5 Å². The molecule has 0 bridgehead atoms. The second-order valence-corrected chi connectivity index (χ2v) is 4.44. The number of rotatable bonds is 4. The molecule has 0 aliphatic rings. The lowest BCUT2D eigenvalue weighted by Gasteiger charge is -2.09. The van der Waals surface area contributed by atoms with E-state index in [1.165, 1.54) is 12.4 Å². The van der Waals surface area contributed by atoms with Crippen LogP contribution in [0.5, 0.6) is 0 Å². The summed E-state index contributed by atoms with van der Waals surface area (Å²) in [4.78, 5) is 23.2. The molecule has 1 heterocycles. The minimum atomic E-state index is -0.334. The van der Waals surface area contributed by atoms with Gasteiger partial charge in [0.25, 0.3) is 5.91 Å². The lowest BCUT2D eigenvalue weighted by molar-refractivity contribution is -0.115. The van der Waals surface area contributed by atoms with Crippen molar-refractivity contribution in [1.29, 1.82) is 0 Å². The summed E-state index contributed by atoms with van der Waals surface area (Å²) in [6.07, 6.45) is 3.26. The summed E-state index contributed by atoms with van der Waals surface area (Å²) in [6.45, 7) is 1.76. The zero-order valence-electron chi connectivity index (χ0n) is 10.7. The van der Waals surface area contributed by atoms with Gasteiger partial charge in [0.05, 0.1) is 22.5 Å². The summed E-state index contributed by atoms with van der Waals surface area (Å²) in [6, 6.07) is 4.88. The van der Waals surface area contributed by atoms with Gasteiger partial charge in [0.2, 0.25) is 5.91 Å². The van der Waals surface area contributed by atoms with Crippen molar-refractivity contribution in [3.8, 4) is 0 Å². The third-order valence-electron chi connectivity index (χ3n) is 2.58. The minimum Gasteiger partial charge on any atom is -0.326 e. The van der Waals surface area contributed by atoms with Crippen LogP contribution in [0.2, 0.25) is 5.02 Å². The average Bonchev–Trinajstić information content (AvgIpc) is 2.96. The number of halogens is 1. The van der Waals surface area contributed by atoms with Crippen LogP contribution in [-0.2, 0) is 4.79 Å². The molecule has 0 saturated carbocycles. The third kappa shape index (κ3) is 3.36. The van der Waals surface area contributed by atoms with Gasteiger partial charge in [-0.15, -0.1) is 0 Å². The first-order valence-corrected chi connectivity index (χ1v) is 6.37. The number of nitrogens with zero attached hydrogens (tertiary/aromatic N) is 1. The topological polar surface area (TPSA) is 86.9 Å². The summed E-state index contributed by atoms with van der Waals surface area (Å²) in [5, 5.41) is 12.0. The predicted molar refractivity (Wildman–Crippen MR) is 76.9 cm³/mol. The maximum absolute atomic E-state index is 11.9. The second-order valence-electron chi connectivity index (χ2n) is 4.04. The molecular formula is C13H13ClN4O2. The van der Waals surface area contributed by atoms with Crippen LogP contribution in [0, 0.1) is 0 Å². The maximum Gasteiger partial charge on any atom is 0.258 e. The molecule has 1 aromatic carbocycles. The Kier molecular flexibility index (Phi) is 4.37. The maximum atomic E-state index is 11.9. The Morgan fingerprint density at radius 1 is 1.35 bits per heavy atom. The van der Waals surface area contributed by atoms with E-state index in [4.69, 9.17) is 11.6 Å². The molecular weight excluding hydrogens is 280 g/mol. The van der Waals surface area contributed by atoms with E-state index in [1.54, 1.807) is 25.1 Å². The number of carbonyl (C=O) groups is 2. The number of aromatic nitrogens is 2. The summed E-state index contributed by atoms with van der Waals surface area (Å²) >= 11 is 6.02. The molecule has 6 nitrogen and oxygen atoms in total. The zero-order chi connectivity index (χ0) is 14.5. The highest BCUT2D eigenvalue weighted by Crippen LogP contribution is 2.26. The number of amides is 2. The standard InChI is InChI=1S/C13H13ClN4O2/c1-2-12(19)17-9-3-4-10(14)11(5-9)18-13(20)8-6-15-16-7-8/h3-7H,2H2,1H3,(H,15,16)(H,17,19)(H,18,20). The Morgan fingerprint density at radius 2 is 2.15 bits per heavy atom. The van der Waals surface area contributed by atoms with Crippen molar-refractivity contribution in [3.05, 3.63) is 41.2 Å². The van der Waals surface area contributed by atoms with Crippen molar-refractivity contribution in [1.82, 2.24) is 10.2 Å². The first-order chi connectivity index (χ1) is 9.60. The highest BCUT2D eigenvalue weighted by molar-refractivity contribution is 6.34.